The van der Waals surface area contributed by atoms with Crippen LogP contribution in [0.15, 0.2) is 30.5 Å². The van der Waals surface area contributed by atoms with Crippen LogP contribution in [-0.2, 0) is 13.0 Å². The molecule has 1 aromatic heterocycles. The molecular formula is C20H25F2N3O. The number of hydrogen-bond donors (Lipinski definition) is 0. The molecule has 3 rings (SSSR count). The molecule has 1 aromatic carbocycles. The Hall–Kier alpha value is -2.24. The summed E-state index contributed by atoms with van der Waals surface area (Å²) in [5, 5.41) is 4.24. The van der Waals surface area contributed by atoms with Gasteiger partial charge in [0.2, 0.25) is 0 Å². The van der Waals surface area contributed by atoms with Gasteiger partial charge in [-0.05, 0) is 61.8 Å². The second-order valence-electron chi connectivity index (χ2n) is 6.99. The molecule has 26 heavy (non-hydrogen) atoms. The number of hydrogen-bond acceptors (Lipinski definition) is 2. The van der Waals surface area contributed by atoms with Gasteiger partial charge in [-0.3, -0.25) is 9.48 Å². The normalized spacial score (nSPS) is 17.5. The summed E-state index contributed by atoms with van der Waals surface area (Å²) in [4.78, 5) is 14.7. The summed E-state index contributed by atoms with van der Waals surface area (Å²) >= 11 is 0. The van der Waals surface area contributed by atoms with E-state index in [0.29, 0.717) is 24.6 Å². The van der Waals surface area contributed by atoms with E-state index in [9.17, 15) is 13.6 Å². The fraction of sp³-hybridized carbons (Fsp3) is 0.500. The minimum Gasteiger partial charge on any atom is -0.337 e. The van der Waals surface area contributed by atoms with Crippen LogP contribution in [-0.4, -0.2) is 33.7 Å². The number of likely N-dealkylation sites (tertiary alicyclic amines) is 1. The molecule has 6 heteroatoms. The van der Waals surface area contributed by atoms with E-state index in [1.165, 1.54) is 12.1 Å². The molecule has 0 bridgehead atoms. The molecule has 1 saturated heterocycles. The zero-order chi connectivity index (χ0) is 18.5. The first kappa shape index (κ1) is 18.5. The van der Waals surface area contributed by atoms with E-state index in [2.05, 4.69) is 12.0 Å². The number of amides is 1. The van der Waals surface area contributed by atoms with Gasteiger partial charge in [0.15, 0.2) is 11.6 Å². The molecule has 2 heterocycles. The minimum absolute atomic E-state index is 0.0356. The van der Waals surface area contributed by atoms with Crippen LogP contribution in [0.3, 0.4) is 0 Å². The van der Waals surface area contributed by atoms with E-state index >= 15 is 0 Å². The van der Waals surface area contributed by atoms with Gasteiger partial charge in [-0.2, -0.15) is 5.10 Å². The van der Waals surface area contributed by atoms with Gasteiger partial charge in [0.25, 0.3) is 5.91 Å². The molecule has 1 aliphatic heterocycles. The van der Waals surface area contributed by atoms with Crippen LogP contribution in [0.5, 0.6) is 0 Å². The maximum Gasteiger partial charge on any atom is 0.272 e. The summed E-state index contributed by atoms with van der Waals surface area (Å²) in [7, 11) is 0. The van der Waals surface area contributed by atoms with Crippen molar-refractivity contribution in [3.8, 4) is 0 Å². The molecule has 140 valence electrons. The van der Waals surface area contributed by atoms with E-state index in [4.69, 9.17) is 0 Å². The topological polar surface area (TPSA) is 38.1 Å². The Labute approximate surface area is 152 Å². The highest BCUT2D eigenvalue weighted by Gasteiger charge is 2.26. The maximum atomic E-state index is 13.3. The van der Waals surface area contributed by atoms with Gasteiger partial charge in [-0.25, -0.2) is 8.78 Å². The van der Waals surface area contributed by atoms with Crippen LogP contribution >= 0.6 is 0 Å². The minimum atomic E-state index is -0.813. The predicted molar refractivity (Wildman–Crippen MR) is 95.8 cm³/mol. The highest BCUT2D eigenvalue weighted by atomic mass is 19.2. The first-order valence-corrected chi connectivity index (χ1v) is 9.33. The molecule has 0 saturated carbocycles. The fourth-order valence-electron chi connectivity index (χ4n) is 3.62. The van der Waals surface area contributed by atoms with Crippen LogP contribution in [0.1, 0.15) is 48.7 Å². The van der Waals surface area contributed by atoms with Gasteiger partial charge < -0.3 is 4.90 Å². The van der Waals surface area contributed by atoms with E-state index in [0.717, 1.165) is 44.3 Å². The Morgan fingerprint density at radius 3 is 2.88 bits per heavy atom. The zero-order valence-corrected chi connectivity index (χ0v) is 15.1. The van der Waals surface area contributed by atoms with E-state index in [-0.39, 0.29) is 5.91 Å². The Kier molecular flexibility index (Phi) is 6.01. The number of benzene rings is 1. The van der Waals surface area contributed by atoms with E-state index < -0.39 is 11.6 Å². The molecule has 2 aromatic rings. The zero-order valence-electron chi connectivity index (χ0n) is 15.1. The third kappa shape index (κ3) is 4.29. The molecule has 1 aliphatic rings. The first-order valence-electron chi connectivity index (χ1n) is 9.33. The van der Waals surface area contributed by atoms with Gasteiger partial charge >= 0.3 is 0 Å². The molecule has 0 spiro atoms. The highest BCUT2D eigenvalue weighted by molar-refractivity contribution is 5.92. The van der Waals surface area contributed by atoms with Crippen molar-refractivity contribution in [2.45, 2.75) is 45.6 Å². The second kappa shape index (κ2) is 8.43. The number of piperidine rings is 1. The number of aryl methyl sites for hydroxylation is 2. The molecule has 4 nitrogen and oxygen atoms in total. The second-order valence-corrected chi connectivity index (χ2v) is 6.99. The summed E-state index contributed by atoms with van der Waals surface area (Å²) < 4.78 is 28.1. The monoisotopic (exact) mass is 361 g/mol. The van der Waals surface area contributed by atoms with Gasteiger partial charge in [-0.15, -0.1) is 0 Å². The van der Waals surface area contributed by atoms with E-state index in [1.54, 1.807) is 23.0 Å². The molecule has 0 aliphatic carbocycles. The lowest BCUT2D eigenvalue weighted by Crippen LogP contribution is -2.41. The Morgan fingerprint density at radius 2 is 2.12 bits per heavy atom. The average molecular weight is 361 g/mol. The number of nitrogens with zero attached hydrogens (tertiary/aromatic N) is 3. The average Bonchev–Trinajstić information content (AvgIpc) is 3.11. The summed E-state index contributed by atoms with van der Waals surface area (Å²) in [6, 6.07) is 5.86. The molecule has 0 radical (unpaired) electrons. The van der Waals surface area contributed by atoms with Crippen molar-refractivity contribution in [3.05, 3.63) is 53.4 Å². The lowest BCUT2D eigenvalue weighted by Gasteiger charge is -2.33. The van der Waals surface area contributed by atoms with Crippen molar-refractivity contribution in [2.75, 3.05) is 13.1 Å². The quantitative estimate of drug-likeness (QED) is 0.778. The fourth-order valence-corrected chi connectivity index (χ4v) is 3.62. The molecule has 0 unspecified atom stereocenters. The Bertz CT molecular complexity index is 759. The Morgan fingerprint density at radius 1 is 1.27 bits per heavy atom. The third-order valence-electron chi connectivity index (χ3n) is 5.00. The summed E-state index contributed by atoms with van der Waals surface area (Å²) in [6.07, 6.45) is 6.19. The summed E-state index contributed by atoms with van der Waals surface area (Å²) in [5.41, 5.74) is 1.45. The molecule has 1 fully saturated rings. The predicted octanol–water partition coefficient (Wildman–Crippen LogP) is 4.06. The highest BCUT2D eigenvalue weighted by Crippen LogP contribution is 2.23. The lowest BCUT2D eigenvalue weighted by molar-refractivity contribution is 0.0655. The van der Waals surface area contributed by atoms with Crippen molar-refractivity contribution >= 4 is 5.91 Å². The van der Waals surface area contributed by atoms with Crippen molar-refractivity contribution in [3.63, 3.8) is 0 Å². The SMILES string of the molecule is CCCn1nccc1C(=O)N1CCC[C@@H](CCc2ccc(F)c(F)c2)C1. The molecule has 0 N–H and O–H groups in total. The van der Waals surface area contributed by atoms with Gasteiger partial charge in [0.1, 0.15) is 5.69 Å². The first-order chi connectivity index (χ1) is 12.6. The van der Waals surface area contributed by atoms with Gasteiger partial charge in [0.05, 0.1) is 0 Å². The van der Waals surface area contributed by atoms with Crippen molar-refractivity contribution in [1.82, 2.24) is 14.7 Å². The lowest BCUT2D eigenvalue weighted by atomic mass is 9.91. The van der Waals surface area contributed by atoms with E-state index in [1.807, 2.05) is 4.90 Å². The maximum absolute atomic E-state index is 13.3. The van der Waals surface area contributed by atoms with Crippen molar-refractivity contribution < 1.29 is 13.6 Å². The van der Waals surface area contributed by atoms with Crippen LogP contribution in [0, 0.1) is 17.6 Å². The van der Waals surface area contributed by atoms with Gasteiger partial charge in [0, 0.05) is 25.8 Å². The summed E-state index contributed by atoms with van der Waals surface area (Å²) in [6.45, 7) is 4.27. The van der Waals surface area contributed by atoms with Crippen LogP contribution < -0.4 is 0 Å². The summed E-state index contributed by atoms with van der Waals surface area (Å²) in [5.74, 6) is -1.20. The Balaban J connectivity index is 1.59. The third-order valence-corrected chi connectivity index (χ3v) is 5.00. The van der Waals surface area contributed by atoms with Crippen molar-refractivity contribution in [1.29, 1.82) is 0 Å². The van der Waals surface area contributed by atoms with Crippen LogP contribution in [0.2, 0.25) is 0 Å². The standard InChI is InChI=1S/C20H25F2N3O/c1-2-11-25-19(9-10-23-25)20(26)24-12-3-4-16(14-24)6-5-15-7-8-17(21)18(22)13-15/h7-10,13,16H,2-6,11-12,14H2,1H3/t16-/m0/s1. The van der Waals surface area contributed by atoms with Gasteiger partial charge in [-0.1, -0.05) is 13.0 Å². The van der Waals surface area contributed by atoms with Crippen LogP contribution in [0.25, 0.3) is 0 Å². The number of carbonyl (C=O) groups is 1. The van der Waals surface area contributed by atoms with Crippen LogP contribution in [0.4, 0.5) is 8.78 Å². The smallest absolute Gasteiger partial charge is 0.272 e. The number of rotatable bonds is 6. The molecule has 1 amide bonds. The number of carbonyl (C=O) groups excluding carboxylic acids is 1. The molecular weight excluding hydrogens is 336 g/mol. The molecule has 1 atom stereocenters. The largest absolute Gasteiger partial charge is 0.337 e. The number of halogens is 2. The number of aromatic nitrogens is 2. The van der Waals surface area contributed by atoms with Crippen molar-refractivity contribution in [2.24, 2.45) is 5.92 Å².